The number of aldehydes is 1. The van der Waals surface area contributed by atoms with Crippen LogP contribution in [0.5, 0.6) is 0 Å². The van der Waals surface area contributed by atoms with Crippen molar-refractivity contribution >= 4 is 12.4 Å². The van der Waals surface area contributed by atoms with Crippen molar-refractivity contribution in [1.29, 1.82) is 0 Å². The highest BCUT2D eigenvalue weighted by atomic mass is 19.1. The molecule has 1 rings (SSSR count). The Labute approximate surface area is 123 Å². The summed E-state index contributed by atoms with van der Waals surface area (Å²) in [5, 5.41) is 2.55. The number of halogens is 1. The molecule has 1 aromatic rings. The molecule has 0 saturated heterocycles. The van der Waals surface area contributed by atoms with Crippen LogP contribution < -0.4 is 5.32 Å². The topological polar surface area (TPSA) is 55.4 Å². The van der Waals surface area contributed by atoms with Gasteiger partial charge in [0.2, 0.25) is 0 Å². The third-order valence-electron chi connectivity index (χ3n) is 2.30. The number of benzene rings is 1. The van der Waals surface area contributed by atoms with Crippen LogP contribution in [0.1, 0.15) is 43.1 Å². The molecule has 0 unspecified atom stereocenters. The standard InChI is InChI=1S/C16H18FNO3/c1-16(2,3)21-15(20)18-10-5-4-7-12-8-6-9-13(11-19)14(12)17/h6,8-9,11H,5,10H2,1-3H3,(H,18,20). The molecule has 1 amide bonds. The molecule has 21 heavy (non-hydrogen) atoms. The SMILES string of the molecule is CC(C)(C)OC(=O)NCCC#Cc1cccc(C=O)c1F. The van der Waals surface area contributed by atoms with Gasteiger partial charge in [0, 0.05) is 13.0 Å². The van der Waals surface area contributed by atoms with Crippen molar-refractivity contribution in [2.24, 2.45) is 0 Å². The second-order valence-corrected chi connectivity index (χ2v) is 5.31. The van der Waals surface area contributed by atoms with E-state index in [1.54, 1.807) is 26.8 Å². The largest absolute Gasteiger partial charge is 0.444 e. The highest BCUT2D eigenvalue weighted by Gasteiger charge is 2.15. The summed E-state index contributed by atoms with van der Waals surface area (Å²) >= 11 is 0. The van der Waals surface area contributed by atoms with Gasteiger partial charge in [-0.05, 0) is 32.9 Å². The van der Waals surface area contributed by atoms with E-state index in [-0.39, 0.29) is 11.1 Å². The Morgan fingerprint density at radius 2 is 2.14 bits per heavy atom. The first kappa shape index (κ1) is 16.7. The molecule has 0 spiro atoms. The summed E-state index contributed by atoms with van der Waals surface area (Å²) in [5.74, 6) is 4.74. The van der Waals surface area contributed by atoms with Gasteiger partial charge in [0.05, 0.1) is 11.1 Å². The maximum absolute atomic E-state index is 13.7. The molecule has 0 atom stereocenters. The molecule has 112 valence electrons. The van der Waals surface area contributed by atoms with Gasteiger partial charge < -0.3 is 10.1 Å². The highest BCUT2D eigenvalue weighted by molar-refractivity contribution is 5.76. The van der Waals surface area contributed by atoms with E-state index >= 15 is 0 Å². The maximum Gasteiger partial charge on any atom is 0.407 e. The Hall–Kier alpha value is -2.35. The molecule has 0 aromatic heterocycles. The average Bonchev–Trinajstić information content (AvgIpc) is 2.38. The molecular formula is C16H18FNO3. The fourth-order valence-electron chi connectivity index (χ4n) is 1.44. The summed E-state index contributed by atoms with van der Waals surface area (Å²) in [6.45, 7) is 5.62. The number of rotatable bonds is 3. The molecule has 0 aliphatic heterocycles. The minimum Gasteiger partial charge on any atom is -0.444 e. The molecular weight excluding hydrogens is 273 g/mol. The first-order chi connectivity index (χ1) is 9.83. The zero-order valence-corrected chi connectivity index (χ0v) is 12.3. The number of hydrogen-bond donors (Lipinski definition) is 1. The number of alkyl carbamates (subject to hydrolysis) is 1. The van der Waals surface area contributed by atoms with Crippen LogP contribution >= 0.6 is 0 Å². The molecule has 4 nitrogen and oxygen atoms in total. The van der Waals surface area contributed by atoms with E-state index in [2.05, 4.69) is 17.2 Å². The molecule has 0 heterocycles. The smallest absolute Gasteiger partial charge is 0.407 e. The molecule has 0 aliphatic carbocycles. The zero-order chi connectivity index (χ0) is 15.9. The van der Waals surface area contributed by atoms with Gasteiger partial charge >= 0.3 is 6.09 Å². The molecule has 5 heteroatoms. The maximum atomic E-state index is 13.7. The summed E-state index contributed by atoms with van der Waals surface area (Å²) in [4.78, 5) is 21.9. The second-order valence-electron chi connectivity index (χ2n) is 5.31. The third-order valence-corrected chi connectivity index (χ3v) is 2.30. The van der Waals surface area contributed by atoms with Crippen molar-refractivity contribution in [3.05, 3.63) is 35.1 Å². The number of nitrogens with one attached hydrogen (secondary N) is 1. The number of amides is 1. The molecule has 0 radical (unpaired) electrons. The third kappa shape index (κ3) is 6.09. The van der Waals surface area contributed by atoms with Crippen LogP contribution in [-0.4, -0.2) is 24.5 Å². The quantitative estimate of drug-likeness (QED) is 0.529. The van der Waals surface area contributed by atoms with Crippen LogP contribution in [0.4, 0.5) is 9.18 Å². The lowest BCUT2D eigenvalue weighted by Crippen LogP contribution is -2.32. The monoisotopic (exact) mass is 291 g/mol. The summed E-state index contributed by atoms with van der Waals surface area (Å²) in [7, 11) is 0. The Balaban J connectivity index is 2.48. The Bertz CT molecular complexity index is 579. The lowest BCUT2D eigenvalue weighted by Gasteiger charge is -2.19. The van der Waals surface area contributed by atoms with Crippen LogP contribution in [-0.2, 0) is 4.74 Å². The van der Waals surface area contributed by atoms with Gasteiger partial charge in [0.1, 0.15) is 11.4 Å². The fraction of sp³-hybridized carbons (Fsp3) is 0.375. The van der Waals surface area contributed by atoms with Gasteiger partial charge in [-0.25, -0.2) is 9.18 Å². The van der Waals surface area contributed by atoms with E-state index in [0.29, 0.717) is 19.3 Å². The van der Waals surface area contributed by atoms with Gasteiger partial charge in [-0.1, -0.05) is 17.9 Å². The minimum atomic E-state index is -0.625. The summed E-state index contributed by atoms with van der Waals surface area (Å²) in [6, 6.07) is 4.45. The van der Waals surface area contributed by atoms with Gasteiger partial charge in [-0.15, -0.1) is 0 Å². The zero-order valence-electron chi connectivity index (χ0n) is 12.3. The number of carbonyl (C=O) groups is 2. The first-order valence-electron chi connectivity index (χ1n) is 6.53. The van der Waals surface area contributed by atoms with E-state index < -0.39 is 17.5 Å². The Kier molecular flexibility index (Phi) is 5.92. The highest BCUT2D eigenvalue weighted by Crippen LogP contribution is 2.09. The molecule has 0 bridgehead atoms. The lowest BCUT2D eigenvalue weighted by molar-refractivity contribution is 0.0529. The van der Waals surface area contributed by atoms with Crippen molar-refractivity contribution in [3.63, 3.8) is 0 Å². The number of hydrogen-bond acceptors (Lipinski definition) is 3. The average molecular weight is 291 g/mol. The number of ether oxygens (including phenoxy) is 1. The Morgan fingerprint density at radius 3 is 2.76 bits per heavy atom. The van der Waals surface area contributed by atoms with Gasteiger partial charge in [0.25, 0.3) is 0 Å². The van der Waals surface area contributed by atoms with Gasteiger partial charge in [-0.2, -0.15) is 0 Å². The summed E-state index contributed by atoms with van der Waals surface area (Å²) < 4.78 is 18.7. The predicted molar refractivity (Wildman–Crippen MR) is 77.5 cm³/mol. The van der Waals surface area contributed by atoms with Crippen molar-refractivity contribution in [3.8, 4) is 11.8 Å². The lowest BCUT2D eigenvalue weighted by atomic mass is 10.1. The van der Waals surface area contributed by atoms with Crippen molar-refractivity contribution in [2.45, 2.75) is 32.8 Å². The van der Waals surface area contributed by atoms with Crippen LogP contribution in [0.25, 0.3) is 0 Å². The predicted octanol–water partition coefficient (Wildman–Crippen LogP) is 2.90. The van der Waals surface area contributed by atoms with Crippen LogP contribution in [0.3, 0.4) is 0 Å². The van der Waals surface area contributed by atoms with E-state index in [4.69, 9.17) is 4.74 Å². The van der Waals surface area contributed by atoms with Crippen molar-refractivity contribution < 1.29 is 18.7 Å². The molecule has 1 aromatic carbocycles. The van der Waals surface area contributed by atoms with Gasteiger partial charge in [-0.3, -0.25) is 4.79 Å². The van der Waals surface area contributed by atoms with E-state index in [1.807, 2.05) is 0 Å². The summed E-state index contributed by atoms with van der Waals surface area (Å²) in [6.07, 6.45) is 0.285. The number of carbonyl (C=O) groups excluding carboxylic acids is 2. The normalized spacial score (nSPS) is 10.3. The Morgan fingerprint density at radius 1 is 1.43 bits per heavy atom. The van der Waals surface area contributed by atoms with Crippen LogP contribution in [0.2, 0.25) is 0 Å². The van der Waals surface area contributed by atoms with E-state index in [0.717, 1.165) is 0 Å². The van der Waals surface area contributed by atoms with Crippen molar-refractivity contribution in [1.82, 2.24) is 5.32 Å². The van der Waals surface area contributed by atoms with E-state index in [9.17, 15) is 14.0 Å². The van der Waals surface area contributed by atoms with Crippen molar-refractivity contribution in [2.75, 3.05) is 6.54 Å². The summed E-state index contributed by atoms with van der Waals surface area (Å²) in [5.41, 5.74) is -0.403. The first-order valence-corrected chi connectivity index (χ1v) is 6.53. The fourth-order valence-corrected chi connectivity index (χ4v) is 1.44. The molecule has 0 fully saturated rings. The van der Waals surface area contributed by atoms with Gasteiger partial charge in [0.15, 0.2) is 6.29 Å². The van der Waals surface area contributed by atoms with Crippen LogP contribution in [0, 0.1) is 17.7 Å². The van der Waals surface area contributed by atoms with E-state index in [1.165, 1.54) is 12.1 Å². The molecule has 1 N–H and O–H groups in total. The molecule has 0 saturated carbocycles. The second kappa shape index (κ2) is 7.44. The minimum absolute atomic E-state index is 0.0197. The van der Waals surface area contributed by atoms with Crippen LogP contribution in [0.15, 0.2) is 18.2 Å². The molecule has 0 aliphatic rings.